The molecule has 0 aliphatic heterocycles. The van der Waals surface area contributed by atoms with Crippen molar-refractivity contribution in [1.29, 1.82) is 0 Å². The Morgan fingerprint density at radius 2 is 1.86 bits per heavy atom. The van der Waals surface area contributed by atoms with Gasteiger partial charge in [0, 0.05) is 21.2 Å². The van der Waals surface area contributed by atoms with Crippen molar-refractivity contribution in [2.75, 3.05) is 11.6 Å². The molecule has 0 spiro atoms. The summed E-state index contributed by atoms with van der Waals surface area (Å²) in [7, 11) is 0. The van der Waals surface area contributed by atoms with Gasteiger partial charge in [-0.15, -0.1) is 23.1 Å². The number of nitrogens with one attached hydrogen (secondary N) is 1. The molecule has 0 bridgehead atoms. The van der Waals surface area contributed by atoms with Gasteiger partial charge in [-0.1, -0.05) is 30.3 Å². The zero-order chi connectivity index (χ0) is 20.4. The van der Waals surface area contributed by atoms with E-state index in [4.69, 9.17) is 0 Å². The van der Waals surface area contributed by atoms with Crippen molar-refractivity contribution in [3.05, 3.63) is 70.0 Å². The van der Waals surface area contributed by atoms with Gasteiger partial charge in [-0.3, -0.25) is 9.59 Å². The highest BCUT2D eigenvalue weighted by Gasteiger charge is 2.13. The largest absolute Gasteiger partial charge is 0.300 e. The van der Waals surface area contributed by atoms with E-state index in [-0.39, 0.29) is 18.0 Å². The SMILES string of the molecule is CSc1ccc(-c2csc(NC(=O)Cn3nc(C)c4ccccc4c3=O)n2)cc1. The van der Waals surface area contributed by atoms with Crippen LogP contribution in [0.3, 0.4) is 0 Å². The van der Waals surface area contributed by atoms with E-state index in [1.54, 1.807) is 23.9 Å². The molecule has 1 N–H and O–H groups in total. The first-order valence-electron chi connectivity index (χ1n) is 8.91. The normalized spacial score (nSPS) is 11.0. The number of amides is 1. The molecule has 0 saturated carbocycles. The van der Waals surface area contributed by atoms with Crippen molar-refractivity contribution in [2.24, 2.45) is 0 Å². The van der Waals surface area contributed by atoms with Gasteiger partial charge < -0.3 is 5.32 Å². The van der Waals surface area contributed by atoms with Gasteiger partial charge in [0.25, 0.3) is 5.56 Å². The van der Waals surface area contributed by atoms with Crippen LogP contribution < -0.4 is 10.9 Å². The second-order valence-electron chi connectivity index (χ2n) is 6.41. The Bertz CT molecular complexity index is 1250. The standard InChI is InChI=1S/C21H18N4O2S2/c1-13-16-5-3-4-6-17(16)20(27)25(24-13)11-19(26)23-21-22-18(12-29-21)14-7-9-15(28-2)10-8-14/h3-10,12H,11H2,1-2H3,(H,22,23,26). The second kappa shape index (κ2) is 8.18. The number of fused-ring (bicyclic) bond motifs is 1. The van der Waals surface area contributed by atoms with E-state index in [1.165, 1.54) is 20.9 Å². The van der Waals surface area contributed by atoms with Crippen molar-refractivity contribution in [3.8, 4) is 11.3 Å². The molecule has 1 amide bonds. The number of hydrogen-bond donors (Lipinski definition) is 1. The van der Waals surface area contributed by atoms with Crippen molar-refractivity contribution in [2.45, 2.75) is 18.4 Å². The molecule has 0 unspecified atom stereocenters. The third-order valence-electron chi connectivity index (χ3n) is 4.48. The predicted molar refractivity (Wildman–Crippen MR) is 119 cm³/mol. The van der Waals surface area contributed by atoms with Gasteiger partial charge in [-0.25, -0.2) is 9.67 Å². The summed E-state index contributed by atoms with van der Waals surface area (Å²) < 4.78 is 1.20. The number of rotatable bonds is 5. The molecule has 8 heteroatoms. The molecule has 2 heterocycles. The van der Waals surface area contributed by atoms with Crippen LogP contribution in [-0.2, 0) is 11.3 Å². The van der Waals surface area contributed by atoms with Crippen LogP contribution >= 0.6 is 23.1 Å². The molecule has 2 aromatic carbocycles. The predicted octanol–water partition coefficient (Wildman–Crippen LogP) is 4.19. The van der Waals surface area contributed by atoms with E-state index in [1.807, 2.05) is 55.0 Å². The fourth-order valence-corrected chi connectivity index (χ4v) is 4.18. The van der Waals surface area contributed by atoms with E-state index >= 15 is 0 Å². The Morgan fingerprint density at radius 3 is 2.59 bits per heavy atom. The topological polar surface area (TPSA) is 76.9 Å². The van der Waals surface area contributed by atoms with Crippen LogP contribution in [0.25, 0.3) is 22.0 Å². The fraction of sp³-hybridized carbons (Fsp3) is 0.143. The average Bonchev–Trinajstić information content (AvgIpc) is 3.20. The van der Waals surface area contributed by atoms with Crippen molar-refractivity contribution >= 4 is 44.9 Å². The third-order valence-corrected chi connectivity index (χ3v) is 5.98. The third kappa shape index (κ3) is 4.08. The van der Waals surface area contributed by atoms with E-state index in [0.717, 1.165) is 16.6 Å². The number of thiazole rings is 1. The van der Waals surface area contributed by atoms with Crippen LogP contribution in [0.4, 0.5) is 5.13 Å². The number of aromatic nitrogens is 3. The molecule has 6 nitrogen and oxygen atoms in total. The Balaban J connectivity index is 1.51. The minimum absolute atomic E-state index is 0.165. The first-order chi connectivity index (χ1) is 14.0. The van der Waals surface area contributed by atoms with Crippen molar-refractivity contribution in [3.63, 3.8) is 0 Å². The van der Waals surface area contributed by atoms with Crippen LogP contribution in [0.1, 0.15) is 5.69 Å². The van der Waals surface area contributed by atoms with Gasteiger partial charge in [0.05, 0.1) is 16.8 Å². The lowest BCUT2D eigenvalue weighted by Crippen LogP contribution is -2.30. The highest BCUT2D eigenvalue weighted by Crippen LogP contribution is 2.26. The molecule has 146 valence electrons. The number of carbonyl (C=O) groups is 1. The highest BCUT2D eigenvalue weighted by molar-refractivity contribution is 7.98. The molecule has 4 rings (SSSR count). The average molecular weight is 423 g/mol. The minimum Gasteiger partial charge on any atom is -0.300 e. The Hall–Kier alpha value is -2.97. The quantitative estimate of drug-likeness (QED) is 0.488. The maximum absolute atomic E-state index is 12.6. The molecule has 0 radical (unpaired) electrons. The number of benzene rings is 2. The van der Waals surface area contributed by atoms with Crippen LogP contribution in [-0.4, -0.2) is 26.9 Å². The summed E-state index contributed by atoms with van der Waals surface area (Å²) in [4.78, 5) is 30.7. The zero-order valence-electron chi connectivity index (χ0n) is 15.9. The summed E-state index contributed by atoms with van der Waals surface area (Å²) in [5.74, 6) is -0.340. The van der Waals surface area contributed by atoms with E-state index < -0.39 is 0 Å². The molecule has 0 atom stereocenters. The summed E-state index contributed by atoms with van der Waals surface area (Å²) in [5.41, 5.74) is 2.21. The molecule has 4 aromatic rings. The maximum atomic E-state index is 12.6. The summed E-state index contributed by atoms with van der Waals surface area (Å²) in [6.07, 6.45) is 2.03. The van der Waals surface area contributed by atoms with Gasteiger partial charge in [0.15, 0.2) is 5.13 Å². The summed E-state index contributed by atoms with van der Waals surface area (Å²) in [5, 5.41) is 10.8. The van der Waals surface area contributed by atoms with Crippen LogP contribution in [0.5, 0.6) is 0 Å². The Kier molecular flexibility index (Phi) is 5.46. The molecule has 2 aromatic heterocycles. The van der Waals surface area contributed by atoms with Gasteiger partial charge in [0.1, 0.15) is 6.54 Å². The van der Waals surface area contributed by atoms with Gasteiger partial charge >= 0.3 is 0 Å². The van der Waals surface area contributed by atoms with Crippen molar-refractivity contribution < 1.29 is 4.79 Å². The van der Waals surface area contributed by atoms with E-state index in [9.17, 15) is 9.59 Å². The number of anilines is 1. The van der Waals surface area contributed by atoms with Crippen LogP contribution in [0.15, 0.2) is 63.6 Å². The number of thioether (sulfide) groups is 1. The first-order valence-corrected chi connectivity index (χ1v) is 11.0. The van der Waals surface area contributed by atoms with Gasteiger partial charge in [-0.2, -0.15) is 5.10 Å². The summed E-state index contributed by atoms with van der Waals surface area (Å²) in [6, 6.07) is 15.4. The second-order valence-corrected chi connectivity index (χ2v) is 8.15. The van der Waals surface area contributed by atoms with Crippen molar-refractivity contribution in [1.82, 2.24) is 14.8 Å². The Morgan fingerprint density at radius 1 is 1.14 bits per heavy atom. The number of aryl methyl sites for hydroxylation is 1. The molecule has 0 aliphatic carbocycles. The molecule has 0 aliphatic rings. The lowest BCUT2D eigenvalue weighted by molar-refractivity contribution is -0.117. The molecule has 29 heavy (non-hydrogen) atoms. The number of hydrogen-bond acceptors (Lipinski definition) is 6. The molecule has 0 fully saturated rings. The van der Waals surface area contributed by atoms with E-state index in [0.29, 0.717) is 16.2 Å². The van der Waals surface area contributed by atoms with E-state index in [2.05, 4.69) is 15.4 Å². The van der Waals surface area contributed by atoms with Gasteiger partial charge in [0.2, 0.25) is 5.91 Å². The van der Waals surface area contributed by atoms with Crippen LogP contribution in [0.2, 0.25) is 0 Å². The molecular formula is C21H18N4O2S2. The monoisotopic (exact) mass is 422 g/mol. The van der Waals surface area contributed by atoms with Gasteiger partial charge in [-0.05, 0) is 31.4 Å². The van der Waals surface area contributed by atoms with Crippen LogP contribution in [0, 0.1) is 6.92 Å². The zero-order valence-corrected chi connectivity index (χ0v) is 17.5. The lowest BCUT2D eigenvalue weighted by Gasteiger charge is -2.08. The molecular weight excluding hydrogens is 404 g/mol. The first kappa shape index (κ1) is 19.4. The number of nitrogens with zero attached hydrogens (tertiary/aromatic N) is 3. The Labute approximate surface area is 175 Å². The highest BCUT2D eigenvalue weighted by atomic mass is 32.2. The lowest BCUT2D eigenvalue weighted by atomic mass is 10.1. The molecule has 0 saturated heterocycles. The fourth-order valence-electron chi connectivity index (χ4n) is 3.03. The summed E-state index contributed by atoms with van der Waals surface area (Å²) >= 11 is 3.03. The smallest absolute Gasteiger partial charge is 0.275 e. The minimum atomic E-state index is -0.340. The number of carbonyl (C=O) groups excluding carboxylic acids is 1. The summed E-state index contributed by atoms with van der Waals surface area (Å²) in [6.45, 7) is 1.66. The maximum Gasteiger partial charge on any atom is 0.275 e.